The first-order chi connectivity index (χ1) is 7.27. The van der Waals surface area contributed by atoms with E-state index >= 15 is 0 Å². The molecule has 1 unspecified atom stereocenters. The first-order valence-electron chi connectivity index (χ1n) is 5.92. The van der Waals surface area contributed by atoms with Crippen molar-refractivity contribution < 1.29 is 4.57 Å². The van der Waals surface area contributed by atoms with Crippen LogP contribution in [-0.2, 0) is 4.57 Å². The van der Waals surface area contributed by atoms with Crippen molar-refractivity contribution >= 4 is 12.4 Å². The Morgan fingerprint density at radius 1 is 1.06 bits per heavy atom. The normalized spacial score (nSPS) is 31.5. The van der Waals surface area contributed by atoms with Crippen LogP contribution >= 0.6 is 7.14 Å². The van der Waals surface area contributed by atoms with E-state index in [1.807, 2.05) is 30.3 Å². The van der Waals surface area contributed by atoms with Gasteiger partial charge in [0.25, 0.3) is 0 Å². The van der Waals surface area contributed by atoms with Gasteiger partial charge in [-0.3, -0.25) is 0 Å². The van der Waals surface area contributed by atoms with E-state index in [0.717, 1.165) is 17.9 Å². The van der Waals surface area contributed by atoms with E-state index in [2.05, 4.69) is 27.7 Å². The molecule has 0 amide bonds. The zero-order valence-corrected chi connectivity index (χ0v) is 11.6. The summed E-state index contributed by atoms with van der Waals surface area (Å²) in [6, 6.07) is 10.0. The minimum Gasteiger partial charge on any atom is -0.318 e. The van der Waals surface area contributed by atoms with Crippen LogP contribution < -0.4 is 5.30 Å². The van der Waals surface area contributed by atoms with Gasteiger partial charge in [-0.1, -0.05) is 58.0 Å². The van der Waals surface area contributed by atoms with Gasteiger partial charge in [-0.05, 0) is 11.8 Å². The van der Waals surface area contributed by atoms with Gasteiger partial charge in [-0.25, -0.2) is 0 Å². The molecule has 1 aromatic carbocycles. The molecule has 1 atom stereocenters. The van der Waals surface area contributed by atoms with Crippen molar-refractivity contribution in [2.45, 2.75) is 39.3 Å². The highest BCUT2D eigenvalue weighted by Gasteiger charge is 2.53. The largest absolute Gasteiger partial charge is 0.318 e. The topological polar surface area (TPSA) is 17.1 Å². The second kappa shape index (κ2) is 3.47. The van der Waals surface area contributed by atoms with Crippen molar-refractivity contribution in [2.75, 3.05) is 6.16 Å². The Morgan fingerprint density at radius 2 is 1.62 bits per heavy atom. The van der Waals surface area contributed by atoms with Crippen LogP contribution in [-0.4, -0.2) is 11.3 Å². The zero-order valence-electron chi connectivity index (χ0n) is 10.7. The van der Waals surface area contributed by atoms with Gasteiger partial charge in [0.2, 0.25) is 0 Å². The van der Waals surface area contributed by atoms with E-state index in [1.165, 1.54) is 0 Å². The fourth-order valence-electron chi connectivity index (χ4n) is 3.28. The summed E-state index contributed by atoms with van der Waals surface area (Å²) in [6.07, 6.45) is 1.89. The smallest absolute Gasteiger partial charge is 0.121 e. The van der Waals surface area contributed by atoms with Crippen LogP contribution in [0.5, 0.6) is 0 Å². The maximum atomic E-state index is 13.3. The minimum atomic E-state index is -2.25. The summed E-state index contributed by atoms with van der Waals surface area (Å²) in [6.45, 7) is 8.79. The molecule has 1 heterocycles. The molecule has 1 aliphatic heterocycles. The predicted octanol–water partition coefficient (Wildman–Crippen LogP) is 3.88. The van der Waals surface area contributed by atoms with E-state index in [4.69, 9.17) is 0 Å². The Kier molecular flexibility index (Phi) is 2.58. The fourth-order valence-corrected chi connectivity index (χ4v) is 7.25. The molecule has 0 N–H and O–H groups in total. The van der Waals surface area contributed by atoms with Crippen LogP contribution in [0.3, 0.4) is 0 Å². The van der Waals surface area contributed by atoms with Crippen molar-refractivity contribution in [1.82, 2.24) is 0 Å². The van der Waals surface area contributed by atoms with E-state index in [9.17, 15) is 4.57 Å². The zero-order chi connectivity index (χ0) is 12.0. The molecule has 1 aliphatic rings. The van der Waals surface area contributed by atoms with Gasteiger partial charge in [-0.15, -0.1) is 0 Å². The Balaban J connectivity index is 2.51. The lowest BCUT2D eigenvalue weighted by Gasteiger charge is -2.27. The molecule has 88 valence electrons. The summed E-state index contributed by atoms with van der Waals surface area (Å²) in [5.41, 5.74) is 0.203. The molecule has 0 saturated carbocycles. The first-order valence-corrected chi connectivity index (χ1v) is 7.81. The van der Waals surface area contributed by atoms with Crippen LogP contribution in [0.15, 0.2) is 30.3 Å². The molecule has 1 fully saturated rings. The summed E-state index contributed by atoms with van der Waals surface area (Å²) in [5.74, 6) is 0. The minimum absolute atomic E-state index is 0.0577. The highest BCUT2D eigenvalue weighted by molar-refractivity contribution is 7.73. The van der Waals surface area contributed by atoms with Gasteiger partial charge < -0.3 is 4.57 Å². The quantitative estimate of drug-likeness (QED) is 0.676. The third-order valence-corrected chi connectivity index (χ3v) is 8.26. The third-order valence-electron chi connectivity index (χ3n) is 3.71. The first kappa shape index (κ1) is 11.9. The van der Waals surface area contributed by atoms with Crippen molar-refractivity contribution in [3.63, 3.8) is 0 Å². The molecule has 1 aromatic rings. The summed E-state index contributed by atoms with van der Waals surface area (Å²) in [4.78, 5) is 0. The monoisotopic (exact) mass is 236 g/mol. The van der Waals surface area contributed by atoms with Gasteiger partial charge >= 0.3 is 0 Å². The average molecular weight is 236 g/mol. The summed E-state index contributed by atoms with van der Waals surface area (Å²) in [5, 5.41) is 1.00. The van der Waals surface area contributed by atoms with Crippen LogP contribution in [0, 0.1) is 5.41 Å². The van der Waals surface area contributed by atoms with Crippen LogP contribution in [0.4, 0.5) is 0 Å². The second-order valence-electron chi connectivity index (χ2n) is 6.39. The van der Waals surface area contributed by atoms with Crippen molar-refractivity contribution in [3.8, 4) is 0 Å². The molecule has 0 aliphatic carbocycles. The van der Waals surface area contributed by atoms with Crippen molar-refractivity contribution in [1.29, 1.82) is 0 Å². The summed E-state index contributed by atoms with van der Waals surface area (Å²) in [7, 11) is -2.25. The Morgan fingerprint density at radius 3 is 2.06 bits per heavy atom. The van der Waals surface area contributed by atoms with Crippen molar-refractivity contribution in [3.05, 3.63) is 30.3 Å². The van der Waals surface area contributed by atoms with Gasteiger partial charge in [-0.2, -0.15) is 0 Å². The van der Waals surface area contributed by atoms with Gasteiger partial charge in [0.1, 0.15) is 7.14 Å². The van der Waals surface area contributed by atoms with E-state index in [-0.39, 0.29) is 10.6 Å². The second-order valence-corrected chi connectivity index (χ2v) is 9.91. The van der Waals surface area contributed by atoms with E-state index in [0.29, 0.717) is 0 Å². The predicted molar refractivity (Wildman–Crippen MR) is 71.0 cm³/mol. The molecular weight excluding hydrogens is 215 g/mol. The van der Waals surface area contributed by atoms with Crippen molar-refractivity contribution in [2.24, 2.45) is 5.41 Å². The highest BCUT2D eigenvalue weighted by atomic mass is 31.2. The Hall–Kier alpha value is -0.550. The Bertz CT molecular complexity index is 431. The van der Waals surface area contributed by atoms with E-state index < -0.39 is 7.14 Å². The molecule has 16 heavy (non-hydrogen) atoms. The number of rotatable bonds is 1. The molecular formula is C14H21OP. The average Bonchev–Trinajstić information content (AvgIpc) is 2.33. The van der Waals surface area contributed by atoms with E-state index in [1.54, 1.807) is 0 Å². The molecule has 2 rings (SSSR count). The summed E-state index contributed by atoms with van der Waals surface area (Å²) < 4.78 is 13.3. The third kappa shape index (κ3) is 1.76. The number of hydrogen-bond acceptors (Lipinski definition) is 1. The SMILES string of the molecule is CC1(C)CC(C)(C)P(=O)(c2ccccc2)C1. The summed E-state index contributed by atoms with van der Waals surface area (Å²) >= 11 is 0. The molecule has 1 saturated heterocycles. The van der Waals surface area contributed by atoms with Crippen LogP contribution in [0.25, 0.3) is 0 Å². The number of hydrogen-bond donors (Lipinski definition) is 0. The molecule has 0 aromatic heterocycles. The van der Waals surface area contributed by atoms with Gasteiger partial charge in [0, 0.05) is 16.6 Å². The fraction of sp³-hybridized carbons (Fsp3) is 0.571. The van der Waals surface area contributed by atoms with Crippen LogP contribution in [0.1, 0.15) is 34.1 Å². The highest BCUT2D eigenvalue weighted by Crippen LogP contribution is 2.68. The van der Waals surface area contributed by atoms with Gasteiger partial charge in [0.15, 0.2) is 0 Å². The molecule has 0 bridgehead atoms. The molecule has 0 radical (unpaired) electrons. The lowest BCUT2D eigenvalue weighted by atomic mass is 9.86. The lowest BCUT2D eigenvalue weighted by molar-refractivity contribution is 0.374. The standard InChI is InChI=1S/C14H21OP/c1-13(2)10-14(3,4)16(15,11-13)12-8-6-5-7-9-12/h5-9H,10-11H2,1-4H3. The lowest BCUT2D eigenvalue weighted by Crippen LogP contribution is -2.22. The molecule has 0 spiro atoms. The molecule has 2 heteroatoms. The number of benzene rings is 1. The van der Waals surface area contributed by atoms with Crippen LogP contribution in [0.2, 0.25) is 0 Å². The Labute approximate surface area is 98.6 Å². The van der Waals surface area contributed by atoms with Gasteiger partial charge in [0.05, 0.1) is 0 Å². The maximum Gasteiger partial charge on any atom is 0.121 e. The maximum absolute atomic E-state index is 13.3. The molecule has 1 nitrogen and oxygen atoms in total.